The first-order chi connectivity index (χ1) is 14.8. The zero-order chi connectivity index (χ0) is 20.3. The molecule has 0 radical (unpaired) electrons. The molecule has 4 aromatic rings. The Balaban J connectivity index is 1.35. The molecule has 5 rings (SSSR count). The highest BCUT2D eigenvalue weighted by molar-refractivity contribution is 6.05. The van der Waals surface area contributed by atoms with Crippen LogP contribution in [0.25, 0.3) is 11.4 Å². The predicted molar refractivity (Wildman–Crippen MR) is 107 cm³/mol. The molecule has 30 heavy (non-hydrogen) atoms. The lowest BCUT2D eigenvalue weighted by atomic mass is 10.1. The van der Waals surface area contributed by atoms with Gasteiger partial charge in [0, 0.05) is 29.2 Å². The van der Waals surface area contributed by atoms with E-state index in [0.717, 1.165) is 11.1 Å². The van der Waals surface area contributed by atoms with Crippen molar-refractivity contribution in [3.8, 4) is 22.9 Å². The van der Waals surface area contributed by atoms with E-state index in [2.05, 4.69) is 20.4 Å². The molecule has 1 aliphatic heterocycles. The van der Waals surface area contributed by atoms with Gasteiger partial charge in [-0.25, -0.2) is 0 Å². The predicted octanol–water partition coefficient (Wildman–Crippen LogP) is 3.70. The van der Waals surface area contributed by atoms with E-state index < -0.39 is 0 Å². The van der Waals surface area contributed by atoms with E-state index in [1.165, 1.54) is 0 Å². The number of aromatic nitrogens is 3. The average molecular weight is 400 g/mol. The monoisotopic (exact) mass is 400 g/mol. The van der Waals surface area contributed by atoms with Gasteiger partial charge >= 0.3 is 0 Å². The Kier molecular flexibility index (Phi) is 4.57. The van der Waals surface area contributed by atoms with E-state index in [1.807, 2.05) is 36.4 Å². The van der Waals surface area contributed by atoms with Crippen molar-refractivity contribution >= 4 is 11.6 Å². The topological polar surface area (TPSA) is 99.4 Å². The van der Waals surface area contributed by atoms with Crippen LogP contribution < -0.4 is 14.8 Å². The average Bonchev–Trinajstić information content (AvgIpc) is 3.44. The number of carbonyl (C=O) groups excluding carboxylic acids is 1. The summed E-state index contributed by atoms with van der Waals surface area (Å²) in [6, 6.07) is 16.2. The highest BCUT2D eigenvalue weighted by Gasteiger charge is 2.17. The SMILES string of the molecule is O=C(Nc1ccccc1Cc1nc(-c2cccnc2)no1)c1ccc2c(c1)OCO2. The summed E-state index contributed by atoms with van der Waals surface area (Å²) in [5.41, 5.74) is 2.77. The highest BCUT2D eigenvalue weighted by atomic mass is 16.7. The zero-order valence-electron chi connectivity index (χ0n) is 15.7. The van der Waals surface area contributed by atoms with Gasteiger partial charge in [0.1, 0.15) is 0 Å². The molecule has 1 N–H and O–H groups in total. The second kappa shape index (κ2) is 7.67. The standard InChI is InChI=1S/C22H16N4O4/c27-22(15-7-8-18-19(10-15)29-13-28-18)24-17-6-2-1-4-14(17)11-20-25-21(26-30-20)16-5-3-9-23-12-16/h1-10,12H,11,13H2,(H,24,27). The molecule has 8 heteroatoms. The van der Waals surface area contributed by atoms with Crippen molar-refractivity contribution in [1.82, 2.24) is 15.1 Å². The van der Waals surface area contributed by atoms with Crippen LogP contribution in [0.2, 0.25) is 0 Å². The first kappa shape index (κ1) is 17.9. The minimum absolute atomic E-state index is 0.161. The minimum atomic E-state index is -0.248. The quantitative estimate of drug-likeness (QED) is 0.545. The molecule has 0 bridgehead atoms. The van der Waals surface area contributed by atoms with Gasteiger partial charge in [0.25, 0.3) is 5.91 Å². The Bertz CT molecular complexity index is 1210. The maximum Gasteiger partial charge on any atom is 0.255 e. The van der Waals surface area contributed by atoms with Crippen LogP contribution in [0.15, 0.2) is 71.5 Å². The summed E-state index contributed by atoms with van der Waals surface area (Å²) in [7, 11) is 0. The van der Waals surface area contributed by atoms with Gasteiger partial charge in [0.2, 0.25) is 18.5 Å². The van der Waals surface area contributed by atoms with Crippen molar-refractivity contribution in [3.05, 3.63) is 84.0 Å². The molecule has 0 aliphatic carbocycles. The molecule has 1 aliphatic rings. The van der Waals surface area contributed by atoms with E-state index in [1.54, 1.807) is 30.6 Å². The van der Waals surface area contributed by atoms with Crippen molar-refractivity contribution < 1.29 is 18.8 Å². The van der Waals surface area contributed by atoms with Crippen LogP contribution in [0, 0.1) is 0 Å². The number of pyridine rings is 1. The van der Waals surface area contributed by atoms with E-state index in [-0.39, 0.29) is 12.7 Å². The van der Waals surface area contributed by atoms with E-state index >= 15 is 0 Å². The number of carbonyl (C=O) groups is 1. The number of benzene rings is 2. The molecule has 0 saturated carbocycles. The molecule has 0 fully saturated rings. The molecular formula is C22H16N4O4. The third kappa shape index (κ3) is 3.58. The van der Waals surface area contributed by atoms with Crippen molar-refractivity contribution in [2.75, 3.05) is 12.1 Å². The number of para-hydroxylation sites is 1. The summed E-state index contributed by atoms with van der Waals surface area (Å²) < 4.78 is 16.0. The largest absolute Gasteiger partial charge is 0.454 e. The molecule has 148 valence electrons. The van der Waals surface area contributed by atoms with Gasteiger partial charge in [-0.15, -0.1) is 0 Å². The number of hydrogen-bond donors (Lipinski definition) is 1. The van der Waals surface area contributed by atoms with Crippen LogP contribution in [-0.4, -0.2) is 27.8 Å². The van der Waals surface area contributed by atoms with Crippen LogP contribution >= 0.6 is 0 Å². The maximum absolute atomic E-state index is 12.7. The number of hydrogen-bond acceptors (Lipinski definition) is 7. The molecule has 2 aromatic carbocycles. The molecule has 0 saturated heterocycles. The van der Waals surface area contributed by atoms with Crippen LogP contribution in [0.1, 0.15) is 21.8 Å². The van der Waals surface area contributed by atoms with Crippen LogP contribution in [-0.2, 0) is 6.42 Å². The lowest BCUT2D eigenvalue weighted by Crippen LogP contribution is -2.13. The number of anilines is 1. The van der Waals surface area contributed by atoms with Gasteiger partial charge in [-0.05, 0) is 42.0 Å². The Morgan fingerprint density at radius 3 is 2.83 bits per heavy atom. The molecule has 0 spiro atoms. The lowest BCUT2D eigenvalue weighted by Gasteiger charge is -2.10. The third-order valence-corrected chi connectivity index (χ3v) is 4.63. The van der Waals surface area contributed by atoms with Crippen molar-refractivity contribution in [2.45, 2.75) is 6.42 Å². The first-order valence-corrected chi connectivity index (χ1v) is 9.28. The smallest absolute Gasteiger partial charge is 0.255 e. The first-order valence-electron chi connectivity index (χ1n) is 9.28. The fraction of sp³-hybridized carbons (Fsp3) is 0.0909. The molecule has 0 unspecified atom stereocenters. The van der Waals surface area contributed by atoms with Crippen LogP contribution in [0.5, 0.6) is 11.5 Å². The number of nitrogens with zero attached hydrogens (tertiary/aromatic N) is 3. The van der Waals surface area contributed by atoms with Crippen molar-refractivity contribution in [1.29, 1.82) is 0 Å². The summed E-state index contributed by atoms with van der Waals surface area (Å²) in [6.45, 7) is 0.161. The minimum Gasteiger partial charge on any atom is -0.454 e. The Morgan fingerprint density at radius 2 is 1.93 bits per heavy atom. The Labute approximate surface area is 171 Å². The molecular weight excluding hydrogens is 384 g/mol. The summed E-state index contributed by atoms with van der Waals surface area (Å²) in [4.78, 5) is 21.2. The van der Waals surface area contributed by atoms with Gasteiger partial charge in [-0.1, -0.05) is 23.4 Å². The summed E-state index contributed by atoms with van der Waals surface area (Å²) in [5.74, 6) is 1.86. The van der Waals surface area contributed by atoms with E-state index in [9.17, 15) is 4.79 Å². The second-order valence-corrected chi connectivity index (χ2v) is 6.61. The Morgan fingerprint density at radius 1 is 1.03 bits per heavy atom. The number of rotatable bonds is 5. The van der Waals surface area contributed by atoms with Gasteiger partial charge in [0.05, 0.1) is 6.42 Å². The van der Waals surface area contributed by atoms with Crippen LogP contribution in [0.4, 0.5) is 5.69 Å². The summed E-state index contributed by atoms with van der Waals surface area (Å²) in [6.07, 6.45) is 3.74. The molecule has 8 nitrogen and oxygen atoms in total. The fourth-order valence-corrected chi connectivity index (χ4v) is 3.13. The van der Waals surface area contributed by atoms with Gasteiger partial charge in [0.15, 0.2) is 11.5 Å². The third-order valence-electron chi connectivity index (χ3n) is 4.63. The Hall–Kier alpha value is -4.20. The second-order valence-electron chi connectivity index (χ2n) is 6.61. The number of amides is 1. The normalized spacial score (nSPS) is 12.0. The van der Waals surface area contributed by atoms with Gasteiger partial charge in [-0.2, -0.15) is 4.98 Å². The van der Waals surface area contributed by atoms with E-state index in [4.69, 9.17) is 14.0 Å². The lowest BCUT2D eigenvalue weighted by molar-refractivity contribution is 0.102. The fourth-order valence-electron chi connectivity index (χ4n) is 3.13. The summed E-state index contributed by atoms with van der Waals surface area (Å²) in [5, 5.41) is 6.96. The number of fused-ring (bicyclic) bond motifs is 1. The van der Waals surface area contributed by atoms with Crippen molar-refractivity contribution in [3.63, 3.8) is 0 Å². The highest BCUT2D eigenvalue weighted by Crippen LogP contribution is 2.32. The van der Waals surface area contributed by atoms with Gasteiger partial charge < -0.3 is 19.3 Å². The molecule has 2 aromatic heterocycles. The zero-order valence-corrected chi connectivity index (χ0v) is 15.7. The van der Waals surface area contributed by atoms with Crippen LogP contribution in [0.3, 0.4) is 0 Å². The maximum atomic E-state index is 12.7. The summed E-state index contributed by atoms with van der Waals surface area (Å²) >= 11 is 0. The number of ether oxygens (including phenoxy) is 2. The molecule has 3 heterocycles. The van der Waals surface area contributed by atoms with Gasteiger partial charge in [-0.3, -0.25) is 9.78 Å². The number of nitrogens with one attached hydrogen (secondary N) is 1. The molecule has 1 amide bonds. The van der Waals surface area contributed by atoms with E-state index in [0.29, 0.717) is 40.9 Å². The van der Waals surface area contributed by atoms with Crippen molar-refractivity contribution in [2.24, 2.45) is 0 Å². The molecule has 0 atom stereocenters.